The van der Waals surface area contributed by atoms with E-state index in [0.717, 1.165) is 12.8 Å². The summed E-state index contributed by atoms with van der Waals surface area (Å²) in [6.45, 7) is 5.12. The zero-order valence-electron chi connectivity index (χ0n) is 12.9. The van der Waals surface area contributed by atoms with E-state index >= 15 is 0 Å². The van der Waals surface area contributed by atoms with Crippen molar-refractivity contribution in [1.29, 1.82) is 0 Å². The standard InChI is InChI=1S/C15H25N3O2/c1-15(2)7-5-6-12(8-15)16-9-11-10-17(3)14(20)18(4)13(11)19/h10,12,16H,5-9H2,1-4H3. The van der Waals surface area contributed by atoms with Crippen molar-refractivity contribution in [2.75, 3.05) is 0 Å². The molecule has 1 aliphatic rings. The minimum Gasteiger partial charge on any atom is -0.310 e. The van der Waals surface area contributed by atoms with Crippen LogP contribution in [0.15, 0.2) is 15.8 Å². The van der Waals surface area contributed by atoms with Crippen LogP contribution in [0.2, 0.25) is 0 Å². The van der Waals surface area contributed by atoms with Crippen LogP contribution in [0.5, 0.6) is 0 Å². The first kappa shape index (κ1) is 15.0. The Hall–Kier alpha value is -1.36. The summed E-state index contributed by atoms with van der Waals surface area (Å²) in [6.07, 6.45) is 6.45. The van der Waals surface area contributed by atoms with Gasteiger partial charge in [0.1, 0.15) is 0 Å². The number of nitrogens with zero attached hydrogens (tertiary/aromatic N) is 2. The molecule has 5 heteroatoms. The number of aryl methyl sites for hydroxylation is 1. The van der Waals surface area contributed by atoms with Gasteiger partial charge < -0.3 is 9.88 Å². The minimum absolute atomic E-state index is 0.198. The lowest BCUT2D eigenvalue weighted by molar-refractivity contribution is 0.197. The molecule has 0 aromatic carbocycles. The van der Waals surface area contributed by atoms with Gasteiger partial charge in [-0.3, -0.25) is 9.36 Å². The zero-order chi connectivity index (χ0) is 14.9. The van der Waals surface area contributed by atoms with Gasteiger partial charge in [-0.25, -0.2) is 4.79 Å². The smallest absolute Gasteiger partial charge is 0.310 e. The van der Waals surface area contributed by atoms with E-state index in [-0.39, 0.29) is 11.2 Å². The first-order valence-electron chi connectivity index (χ1n) is 7.29. The molecule has 5 nitrogen and oxygen atoms in total. The van der Waals surface area contributed by atoms with E-state index in [1.807, 2.05) is 0 Å². The van der Waals surface area contributed by atoms with Crippen molar-refractivity contribution in [1.82, 2.24) is 14.5 Å². The maximum atomic E-state index is 12.1. The lowest BCUT2D eigenvalue weighted by Crippen LogP contribution is -2.42. The Kier molecular flexibility index (Phi) is 4.18. The summed E-state index contributed by atoms with van der Waals surface area (Å²) < 4.78 is 2.63. The molecule has 2 rings (SSSR count). The third-order valence-electron chi connectivity index (χ3n) is 4.30. The van der Waals surface area contributed by atoms with Crippen LogP contribution in [-0.4, -0.2) is 15.2 Å². The van der Waals surface area contributed by atoms with Crippen molar-refractivity contribution < 1.29 is 0 Å². The Morgan fingerprint density at radius 3 is 2.70 bits per heavy atom. The van der Waals surface area contributed by atoms with Crippen LogP contribution in [0.25, 0.3) is 0 Å². The molecule has 0 bridgehead atoms. The van der Waals surface area contributed by atoms with Gasteiger partial charge >= 0.3 is 5.69 Å². The van der Waals surface area contributed by atoms with Crippen LogP contribution in [0.3, 0.4) is 0 Å². The Morgan fingerprint density at radius 2 is 2.05 bits per heavy atom. The van der Waals surface area contributed by atoms with E-state index < -0.39 is 0 Å². The number of rotatable bonds is 3. The second kappa shape index (κ2) is 5.56. The summed E-state index contributed by atoms with van der Waals surface area (Å²) in [5.74, 6) is 0. The number of nitrogens with one attached hydrogen (secondary N) is 1. The summed E-state index contributed by atoms with van der Waals surface area (Å²) in [5.41, 5.74) is 0.552. The van der Waals surface area contributed by atoms with Gasteiger partial charge in [0.05, 0.1) is 0 Å². The highest BCUT2D eigenvalue weighted by atomic mass is 16.2. The summed E-state index contributed by atoms with van der Waals surface area (Å²) in [5, 5.41) is 3.48. The van der Waals surface area contributed by atoms with Gasteiger partial charge in [-0.1, -0.05) is 20.3 Å². The van der Waals surface area contributed by atoms with Crippen LogP contribution in [0, 0.1) is 5.41 Å². The zero-order valence-corrected chi connectivity index (χ0v) is 12.9. The third-order valence-corrected chi connectivity index (χ3v) is 4.30. The van der Waals surface area contributed by atoms with Gasteiger partial charge in [-0.15, -0.1) is 0 Å². The van der Waals surface area contributed by atoms with Gasteiger partial charge in [0.25, 0.3) is 5.56 Å². The molecule has 112 valence electrons. The van der Waals surface area contributed by atoms with E-state index in [1.54, 1.807) is 13.2 Å². The van der Waals surface area contributed by atoms with Crippen LogP contribution < -0.4 is 16.6 Å². The van der Waals surface area contributed by atoms with Gasteiger partial charge in [-0.05, 0) is 24.7 Å². The summed E-state index contributed by atoms with van der Waals surface area (Å²) in [7, 11) is 3.20. The molecule has 1 atom stereocenters. The Morgan fingerprint density at radius 1 is 1.35 bits per heavy atom. The molecule has 20 heavy (non-hydrogen) atoms. The molecule has 0 amide bonds. The van der Waals surface area contributed by atoms with Gasteiger partial charge in [0.15, 0.2) is 0 Å². The third kappa shape index (κ3) is 3.20. The summed E-state index contributed by atoms with van der Waals surface area (Å²) in [4.78, 5) is 23.7. The molecule has 1 N–H and O–H groups in total. The van der Waals surface area contributed by atoms with Crippen molar-refractivity contribution in [3.05, 3.63) is 32.6 Å². The van der Waals surface area contributed by atoms with Gasteiger partial charge in [0.2, 0.25) is 0 Å². The highest BCUT2D eigenvalue weighted by Crippen LogP contribution is 2.35. The monoisotopic (exact) mass is 279 g/mol. The van der Waals surface area contributed by atoms with E-state index in [9.17, 15) is 9.59 Å². The van der Waals surface area contributed by atoms with Crippen molar-refractivity contribution in [2.24, 2.45) is 19.5 Å². The van der Waals surface area contributed by atoms with E-state index in [2.05, 4.69) is 19.2 Å². The van der Waals surface area contributed by atoms with Crippen molar-refractivity contribution >= 4 is 0 Å². The fraction of sp³-hybridized carbons (Fsp3) is 0.733. The molecule has 1 aliphatic carbocycles. The predicted molar refractivity (Wildman–Crippen MR) is 79.8 cm³/mol. The molecule has 0 radical (unpaired) electrons. The molecular weight excluding hydrogens is 254 g/mol. The minimum atomic E-state index is -0.280. The number of hydrogen-bond donors (Lipinski definition) is 1. The number of aromatic nitrogens is 2. The molecule has 0 aliphatic heterocycles. The predicted octanol–water partition coefficient (Wildman–Crippen LogP) is 1.14. The Bertz CT molecular complexity index is 598. The van der Waals surface area contributed by atoms with Gasteiger partial charge in [-0.2, -0.15) is 0 Å². The van der Waals surface area contributed by atoms with Crippen LogP contribution in [-0.2, 0) is 20.6 Å². The molecule has 1 heterocycles. The molecule has 1 saturated carbocycles. The van der Waals surface area contributed by atoms with Crippen molar-refractivity contribution in [2.45, 2.75) is 52.1 Å². The molecule has 1 aromatic heterocycles. The fourth-order valence-corrected chi connectivity index (χ4v) is 3.13. The van der Waals surface area contributed by atoms with Gasteiger partial charge in [0, 0.05) is 38.4 Å². The highest BCUT2D eigenvalue weighted by Gasteiger charge is 2.27. The maximum absolute atomic E-state index is 12.1. The Balaban J connectivity index is 2.08. The summed E-state index contributed by atoms with van der Waals surface area (Å²) >= 11 is 0. The van der Waals surface area contributed by atoms with Crippen molar-refractivity contribution in [3.8, 4) is 0 Å². The molecular formula is C15H25N3O2. The van der Waals surface area contributed by atoms with Crippen molar-refractivity contribution in [3.63, 3.8) is 0 Å². The molecule has 1 unspecified atom stereocenters. The second-order valence-corrected chi connectivity index (χ2v) is 6.75. The number of hydrogen-bond acceptors (Lipinski definition) is 3. The SMILES string of the molecule is Cn1cc(CNC2CCCC(C)(C)C2)c(=O)n(C)c1=O. The highest BCUT2D eigenvalue weighted by molar-refractivity contribution is 5.05. The Labute approximate surface area is 119 Å². The van der Waals surface area contributed by atoms with Crippen LogP contribution in [0.1, 0.15) is 45.1 Å². The molecule has 1 aromatic rings. The summed E-state index contributed by atoms with van der Waals surface area (Å²) in [6, 6.07) is 0.459. The quantitative estimate of drug-likeness (QED) is 0.903. The van der Waals surface area contributed by atoms with Crippen LogP contribution >= 0.6 is 0 Å². The molecule has 0 spiro atoms. The maximum Gasteiger partial charge on any atom is 0.330 e. The normalized spacial score (nSPS) is 21.9. The van der Waals surface area contributed by atoms with E-state index in [1.165, 1.54) is 29.0 Å². The fourth-order valence-electron chi connectivity index (χ4n) is 3.13. The second-order valence-electron chi connectivity index (χ2n) is 6.75. The topological polar surface area (TPSA) is 56.0 Å². The molecule has 1 fully saturated rings. The van der Waals surface area contributed by atoms with E-state index in [4.69, 9.17) is 0 Å². The first-order valence-corrected chi connectivity index (χ1v) is 7.29. The lowest BCUT2D eigenvalue weighted by atomic mass is 9.75. The lowest BCUT2D eigenvalue weighted by Gasteiger charge is -2.35. The molecule has 0 saturated heterocycles. The van der Waals surface area contributed by atoms with E-state index in [0.29, 0.717) is 23.6 Å². The first-order chi connectivity index (χ1) is 9.30. The largest absolute Gasteiger partial charge is 0.330 e. The average Bonchev–Trinajstić information content (AvgIpc) is 2.38. The van der Waals surface area contributed by atoms with Crippen LogP contribution in [0.4, 0.5) is 0 Å². The average molecular weight is 279 g/mol.